The first-order chi connectivity index (χ1) is 29.2. The molecule has 2 aromatic heterocycles. The molecule has 2 heterocycles. The van der Waals surface area contributed by atoms with Crippen molar-refractivity contribution in [3.8, 4) is 78.7 Å². The highest BCUT2D eigenvalue weighted by molar-refractivity contribution is 6.09. The number of rotatable bonds is 7. The normalized spacial score (nSPS) is 11.4. The molecule has 0 radical (unpaired) electrons. The first-order valence-electron chi connectivity index (χ1n) is 19.8. The molecular formula is C55H35N3O. The van der Waals surface area contributed by atoms with E-state index in [4.69, 9.17) is 19.4 Å². The molecule has 0 aliphatic heterocycles. The van der Waals surface area contributed by atoms with Gasteiger partial charge in [0.15, 0.2) is 17.5 Å². The van der Waals surface area contributed by atoms with Crippen LogP contribution in [-0.2, 0) is 0 Å². The Kier molecular flexibility index (Phi) is 8.45. The second-order valence-electron chi connectivity index (χ2n) is 14.8. The van der Waals surface area contributed by atoms with E-state index in [-0.39, 0.29) is 0 Å². The Bertz CT molecular complexity index is 3320. The van der Waals surface area contributed by atoms with E-state index in [0.717, 1.165) is 83.1 Å². The molecule has 0 N–H and O–H groups in total. The van der Waals surface area contributed by atoms with E-state index in [0.29, 0.717) is 17.5 Å². The van der Waals surface area contributed by atoms with Gasteiger partial charge in [-0.15, -0.1) is 0 Å². The first kappa shape index (κ1) is 34.3. The van der Waals surface area contributed by atoms with Crippen LogP contribution in [0.15, 0.2) is 217 Å². The van der Waals surface area contributed by atoms with E-state index >= 15 is 0 Å². The summed E-state index contributed by atoms with van der Waals surface area (Å²) in [6, 6.07) is 74.1. The summed E-state index contributed by atoms with van der Waals surface area (Å²) >= 11 is 0. The van der Waals surface area contributed by atoms with Gasteiger partial charge in [-0.25, -0.2) is 15.0 Å². The van der Waals surface area contributed by atoms with Crippen LogP contribution in [0.5, 0.6) is 0 Å². The lowest BCUT2D eigenvalue weighted by Gasteiger charge is -2.14. The second kappa shape index (κ2) is 14.5. The maximum atomic E-state index is 6.43. The van der Waals surface area contributed by atoms with Crippen molar-refractivity contribution in [1.29, 1.82) is 0 Å². The number of para-hydroxylation sites is 2. The van der Waals surface area contributed by atoms with Crippen molar-refractivity contribution < 1.29 is 4.42 Å². The minimum Gasteiger partial charge on any atom is -0.455 e. The highest BCUT2D eigenvalue weighted by Crippen LogP contribution is 2.40. The molecule has 0 aliphatic rings. The maximum absolute atomic E-state index is 6.43. The fourth-order valence-corrected chi connectivity index (χ4v) is 8.25. The average molecular weight is 754 g/mol. The standard InChI is InChI=1S/C55H35N3O/c1-3-15-36(16-4-1)44-22-9-10-25-49(44)55-57-53(38-17-5-2-6-18-38)56-54(58-55)39-31-29-37(30-32-39)50-35-43(34-41-19-7-8-23-45(41)50)40-20-13-21-42(33-40)46-26-14-27-48-47-24-11-12-28-51(47)59-52(46)48/h1-35H. The third kappa shape index (κ3) is 6.34. The number of nitrogens with zero attached hydrogens (tertiary/aromatic N) is 3. The van der Waals surface area contributed by atoms with Crippen LogP contribution in [-0.4, -0.2) is 15.0 Å². The number of benzene rings is 9. The van der Waals surface area contributed by atoms with Crippen molar-refractivity contribution in [2.24, 2.45) is 0 Å². The van der Waals surface area contributed by atoms with Gasteiger partial charge in [-0.3, -0.25) is 0 Å². The number of hydrogen-bond donors (Lipinski definition) is 0. The van der Waals surface area contributed by atoms with E-state index in [1.165, 1.54) is 10.8 Å². The third-order valence-corrected chi connectivity index (χ3v) is 11.1. The molecule has 0 atom stereocenters. The zero-order valence-corrected chi connectivity index (χ0v) is 32.0. The minimum absolute atomic E-state index is 0.623. The van der Waals surface area contributed by atoms with Gasteiger partial charge in [0.25, 0.3) is 0 Å². The molecule has 0 unspecified atom stereocenters. The first-order valence-corrected chi connectivity index (χ1v) is 19.8. The lowest BCUT2D eigenvalue weighted by Crippen LogP contribution is -2.01. The summed E-state index contributed by atoms with van der Waals surface area (Å²) in [5.41, 5.74) is 13.6. The lowest BCUT2D eigenvalue weighted by molar-refractivity contribution is 0.670. The highest BCUT2D eigenvalue weighted by Gasteiger charge is 2.17. The van der Waals surface area contributed by atoms with Crippen LogP contribution in [0.1, 0.15) is 0 Å². The van der Waals surface area contributed by atoms with Crippen LogP contribution in [0.2, 0.25) is 0 Å². The Morgan fingerprint density at radius 1 is 0.271 bits per heavy atom. The van der Waals surface area contributed by atoms with Gasteiger partial charge in [0.1, 0.15) is 11.2 Å². The lowest BCUT2D eigenvalue weighted by atomic mass is 9.91. The Morgan fingerprint density at radius 2 is 0.797 bits per heavy atom. The van der Waals surface area contributed by atoms with E-state index in [1.807, 2.05) is 54.6 Å². The van der Waals surface area contributed by atoms with Crippen molar-refractivity contribution in [3.05, 3.63) is 212 Å². The molecule has 11 rings (SSSR count). The number of fused-ring (bicyclic) bond motifs is 4. The second-order valence-corrected chi connectivity index (χ2v) is 14.8. The Labute approximate surface area is 341 Å². The van der Waals surface area contributed by atoms with Gasteiger partial charge in [0.05, 0.1) is 0 Å². The molecule has 0 spiro atoms. The Morgan fingerprint density at radius 3 is 1.59 bits per heavy atom. The van der Waals surface area contributed by atoms with E-state index in [1.54, 1.807) is 0 Å². The van der Waals surface area contributed by atoms with Crippen molar-refractivity contribution in [1.82, 2.24) is 15.0 Å². The van der Waals surface area contributed by atoms with E-state index < -0.39 is 0 Å². The van der Waals surface area contributed by atoms with Crippen LogP contribution >= 0.6 is 0 Å². The number of aromatic nitrogens is 3. The summed E-state index contributed by atoms with van der Waals surface area (Å²) in [6.45, 7) is 0. The molecule has 4 heteroatoms. The molecule has 276 valence electrons. The van der Waals surface area contributed by atoms with Crippen LogP contribution in [0.4, 0.5) is 0 Å². The van der Waals surface area contributed by atoms with Crippen molar-refractivity contribution >= 4 is 32.7 Å². The van der Waals surface area contributed by atoms with E-state index in [2.05, 4.69) is 158 Å². The quantitative estimate of drug-likeness (QED) is 0.163. The van der Waals surface area contributed by atoms with Gasteiger partial charge < -0.3 is 4.42 Å². The summed E-state index contributed by atoms with van der Waals surface area (Å²) in [5.74, 6) is 1.89. The topological polar surface area (TPSA) is 51.8 Å². The fraction of sp³-hybridized carbons (Fsp3) is 0. The Hall–Kier alpha value is -7.95. The summed E-state index contributed by atoms with van der Waals surface area (Å²) in [6.07, 6.45) is 0. The summed E-state index contributed by atoms with van der Waals surface area (Å²) < 4.78 is 6.43. The predicted molar refractivity (Wildman–Crippen MR) is 243 cm³/mol. The van der Waals surface area contributed by atoms with Crippen LogP contribution < -0.4 is 0 Å². The van der Waals surface area contributed by atoms with Crippen molar-refractivity contribution in [3.63, 3.8) is 0 Å². The molecule has 59 heavy (non-hydrogen) atoms. The fourth-order valence-electron chi connectivity index (χ4n) is 8.25. The molecular weight excluding hydrogens is 719 g/mol. The zero-order valence-electron chi connectivity index (χ0n) is 32.0. The largest absolute Gasteiger partial charge is 0.455 e. The smallest absolute Gasteiger partial charge is 0.164 e. The van der Waals surface area contributed by atoms with Gasteiger partial charge in [-0.2, -0.15) is 0 Å². The molecule has 0 saturated heterocycles. The molecule has 0 aliphatic carbocycles. The van der Waals surface area contributed by atoms with Crippen molar-refractivity contribution in [2.45, 2.75) is 0 Å². The Balaban J connectivity index is 0.999. The summed E-state index contributed by atoms with van der Waals surface area (Å²) in [4.78, 5) is 15.2. The van der Waals surface area contributed by atoms with Gasteiger partial charge >= 0.3 is 0 Å². The van der Waals surface area contributed by atoms with Gasteiger partial charge in [-0.05, 0) is 74.0 Å². The molecule has 0 amide bonds. The average Bonchev–Trinajstić information content (AvgIpc) is 3.71. The van der Waals surface area contributed by atoms with Gasteiger partial charge in [0.2, 0.25) is 0 Å². The number of furan rings is 1. The summed E-state index contributed by atoms with van der Waals surface area (Å²) in [7, 11) is 0. The SMILES string of the molecule is c1ccc(-c2nc(-c3ccc(-c4cc(-c5cccc(-c6cccc7c6oc6ccccc67)c5)cc5ccccc45)cc3)nc(-c3ccccc3-c3ccccc3)n2)cc1. The molecule has 0 bridgehead atoms. The highest BCUT2D eigenvalue weighted by atomic mass is 16.3. The monoisotopic (exact) mass is 753 g/mol. The van der Waals surface area contributed by atoms with Crippen molar-refractivity contribution in [2.75, 3.05) is 0 Å². The molecule has 11 aromatic rings. The minimum atomic E-state index is 0.623. The van der Waals surface area contributed by atoms with E-state index in [9.17, 15) is 0 Å². The molecule has 0 saturated carbocycles. The maximum Gasteiger partial charge on any atom is 0.164 e. The molecule has 4 nitrogen and oxygen atoms in total. The van der Waals surface area contributed by atoms with Gasteiger partial charge in [-0.1, -0.05) is 188 Å². The molecule has 0 fully saturated rings. The summed E-state index contributed by atoms with van der Waals surface area (Å²) in [5, 5.41) is 4.63. The van der Waals surface area contributed by atoms with Crippen LogP contribution in [0.25, 0.3) is 111 Å². The van der Waals surface area contributed by atoms with Crippen LogP contribution in [0.3, 0.4) is 0 Å². The molecule has 9 aromatic carbocycles. The van der Waals surface area contributed by atoms with Gasteiger partial charge in [0, 0.05) is 33.0 Å². The zero-order chi connectivity index (χ0) is 39.1. The van der Waals surface area contributed by atoms with Crippen LogP contribution in [0, 0.1) is 0 Å². The predicted octanol–water partition coefficient (Wildman–Crippen LogP) is 14.6. The third-order valence-electron chi connectivity index (χ3n) is 11.1. The number of hydrogen-bond acceptors (Lipinski definition) is 4.